The van der Waals surface area contributed by atoms with Gasteiger partial charge in [-0.05, 0) is 20.8 Å². The Bertz CT molecular complexity index is 337. The number of anilines is 1. The molecule has 0 radical (unpaired) electrons. The van der Waals surface area contributed by atoms with Crippen molar-refractivity contribution in [3.63, 3.8) is 0 Å². The fourth-order valence-corrected chi connectivity index (χ4v) is 1.15. The van der Waals surface area contributed by atoms with E-state index in [1.807, 2.05) is 20.8 Å². The Labute approximate surface area is 89.9 Å². The van der Waals surface area contributed by atoms with E-state index in [0.29, 0.717) is 5.69 Å². The molecule has 0 atom stereocenters. The highest BCUT2D eigenvalue weighted by atomic mass is 16.2. The number of carbonyl (C=O) groups is 1. The van der Waals surface area contributed by atoms with E-state index < -0.39 is 0 Å². The fraction of sp³-hybridized carbons (Fsp3) is 0.600. The van der Waals surface area contributed by atoms with Gasteiger partial charge in [-0.25, -0.2) is 0 Å². The first kappa shape index (κ1) is 11.6. The Morgan fingerprint density at radius 1 is 1.67 bits per heavy atom. The van der Waals surface area contributed by atoms with Crippen LogP contribution in [0.3, 0.4) is 0 Å². The van der Waals surface area contributed by atoms with E-state index in [-0.39, 0.29) is 18.5 Å². The predicted octanol–water partition coefficient (Wildman–Crippen LogP) is 0.641. The van der Waals surface area contributed by atoms with Crippen molar-refractivity contribution in [2.75, 3.05) is 12.8 Å². The number of carbonyl (C=O) groups excluding carboxylic acids is 1. The highest BCUT2D eigenvalue weighted by Crippen LogP contribution is 2.07. The first-order chi connectivity index (χ1) is 6.91. The van der Waals surface area contributed by atoms with Crippen molar-refractivity contribution in [2.24, 2.45) is 0 Å². The van der Waals surface area contributed by atoms with Crippen molar-refractivity contribution in [1.29, 1.82) is 0 Å². The van der Waals surface area contributed by atoms with Crippen LogP contribution in [-0.4, -0.2) is 33.7 Å². The highest BCUT2D eigenvalue weighted by Gasteiger charge is 2.13. The standard InChI is InChI=1S/C10H18N4O/c1-7(2)13(4)10(15)6-14-5-9(11)8(3)12-14/h5,7H,6,11H2,1-4H3. The second-order valence-corrected chi connectivity index (χ2v) is 3.97. The van der Waals surface area contributed by atoms with Crippen molar-refractivity contribution in [3.8, 4) is 0 Å². The minimum Gasteiger partial charge on any atom is -0.396 e. The molecule has 2 N–H and O–H groups in total. The van der Waals surface area contributed by atoms with Gasteiger partial charge < -0.3 is 10.6 Å². The Morgan fingerprint density at radius 2 is 2.27 bits per heavy atom. The zero-order chi connectivity index (χ0) is 11.6. The number of nitrogens with zero attached hydrogens (tertiary/aromatic N) is 3. The van der Waals surface area contributed by atoms with Gasteiger partial charge in [-0.3, -0.25) is 9.48 Å². The van der Waals surface area contributed by atoms with Crippen LogP contribution in [0.2, 0.25) is 0 Å². The molecule has 0 unspecified atom stereocenters. The molecule has 0 spiro atoms. The molecule has 0 fully saturated rings. The topological polar surface area (TPSA) is 64.2 Å². The lowest BCUT2D eigenvalue weighted by molar-refractivity contribution is -0.132. The number of aromatic nitrogens is 2. The second-order valence-electron chi connectivity index (χ2n) is 3.97. The smallest absolute Gasteiger partial charge is 0.244 e. The summed E-state index contributed by atoms with van der Waals surface area (Å²) in [6.45, 7) is 6.01. The van der Waals surface area contributed by atoms with Crippen molar-refractivity contribution >= 4 is 11.6 Å². The molecule has 0 aliphatic rings. The summed E-state index contributed by atoms with van der Waals surface area (Å²) in [4.78, 5) is 13.4. The maximum absolute atomic E-state index is 11.7. The Balaban J connectivity index is 2.66. The molecule has 5 heteroatoms. The molecular formula is C10H18N4O. The normalized spacial score (nSPS) is 10.7. The van der Waals surface area contributed by atoms with E-state index in [1.165, 1.54) is 0 Å². The van der Waals surface area contributed by atoms with E-state index in [9.17, 15) is 4.79 Å². The highest BCUT2D eigenvalue weighted by molar-refractivity contribution is 5.76. The summed E-state index contributed by atoms with van der Waals surface area (Å²) in [6.07, 6.45) is 1.68. The molecule has 0 aliphatic carbocycles. The maximum atomic E-state index is 11.7. The van der Waals surface area contributed by atoms with Gasteiger partial charge in [-0.15, -0.1) is 0 Å². The van der Waals surface area contributed by atoms with Gasteiger partial charge in [0.2, 0.25) is 5.91 Å². The Morgan fingerprint density at radius 3 is 2.67 bits per heavy atom. The molecule has 1 aromatic rings. The third kappa shape index (κ3) is 2.71. The van der Waals surface area contributed by atoms with Crippen molar-refractivity contribution in [1.82, 2.24) is 14.7 Å². The van der Waals surface area contributed by atoms with Gasteiger partial charge in [0.15, 0.2) is 0 Å². The van der Waals surface area contributed by atoms with E-state index in [2.05, 4.69) is 5.10 Å². The van der Waals surface area contributed by atoms with Gasteiger partial charge in [0.05, 0.1) is 11.4 Å². The number of nitrogens with two attached hydrogens (primary N) is 1. The average Bonchev–Trinajstić information content (AvgIpc) is 2.44. The van der Waals surface area contributed by atoms with Gasteiger partial charge in [0.1, 0.15) is 6.54 Å². The summed E-state index contributed by atoms with van der Waals surface area (Å²) in [6, 6.07) is 0.200. The molecule has 1 rings (SSSR count). The van der Waals surface area contributed by atoms with Crippen molar-refractivity contribution < 1.29 is 4.79 Å². The van der Waals surface area contributed by atoms with Crippen LogP contribution in [0.5, 0.6) is 0 Å². The minimum atomic E-state index is 0.0347. The molecule has 15 heavy (non-hydrogen) atoms. The third-order valence-corrected chi connectivity index (χ3v) is 2.45. The van der Waals surface area contributed by atoms with E-state index in [0.717, 1.165) is 5.69 Å². The lowest BCUT2D eigenvalue weighted by Crippen LogP contribution is -2.35. The zero-order valence-electron chi connectivity index (χ0n) is 9.69. The number of rotatable bonds is 3. The quantitative estimate of drug-likeness (QED) is 0.796. The van der Waals surface area contributed by atoms with Gasteiger partial charge in [-0.2, -0.15) is 5.10 Å². The molecule has 0 saturated heterocycles. The SMILES string of the molecule is Cc1nn(CC(=O)N(C)C(C)C)cc1N. The Kier molecular flexibility index (Phi) is 3.34. The minimum absolute atomic E-state index is 0.0347. The van der Waals surface area contributed by atoms with Gasteiger partial charge in [-0.1, -0.05) is 0 Å². The molecule has 5 nitrogen and oxygen atoms in total. The van der Waals surface area contributed by atoms with Crippen LogP contribution >= 0.6 is 0 Å². The summed E-state index contributed by atoms with van der Waals surface area (Å²) in [5.74, 6) is 0.0347. The van der Waals surface area contributed by atoms with Gasteiger partial charge in [0, 0.05) is 19.3 Å². The van der Waals surface area contributed by atoms with Crippen LogP contribution in [0.1, 0.15) is 19.5 Å². The summed E-state index contributed by atoms with van der Waals surface area (Å²) in [5, 5.41) is 4.14. The molecule has 0 aromatic carbocycles. The molecule has 1 heterocycles. The lowest BCUT2D eigenvalue weighted by Gasteiger charge is -2.21. The summed E-state index contributed by atoms with van der Waals surface area (Å²) < 4.78 is 1.58. The van der Waals surface area contributed by atoms with Crippen LogP contribution in [0.25, 0.3) is 0 Å². The Hall–Kier alpha value is -1.52. The molecule has 1 aromatic heterocycles. The summed E-state index contributed by atoms with van der Waals surface area (Å²) >= 11 is 0. The lowest BCUT2D eigenvalue weighted by atomic mass is 10.3. The molecule has 1 amide bonds. The van der Waals surface area contributed by atoms with Gasteiger partial charge >= 0.3 is 0 Å². The average molecular weight is 210 g/mol. The molecule has 84 valence electrons. The zero-order valence-corrected chi connectivity index (χ0v) is 9.69. The van der Waals surface area contributed by atoms with Crippen LogP contribution in [0.15, 0.2) is 6.20 Å². The molecule has 0 bridgehead atoms. The van der Waals surface area contributed by atoms with E-state index >= 15 is 0 Å². The van der Waals surface area contributed by atoms with Crippen molar-refractivity contribution in [2.45, 2.75) is 33.4 Å². The van der Waals surface area contributed by atoms with Gasteiger partial charge in [0.25, 0.3) is 0 Å². The van der Waals surface area contributed by atoms with Crippen LogP contribution in [-0.2, 0) is 11.3 Å². The monoisotopic (exact) mass is 210 g/mol. The van der Waals surface area contributed by atoms with E-state index in [1.54, 1.807) is 22.8 Å². The molecule has 0 saturated carbocycles. The maximum Gasteiger partial charge on any atom is 0.244 e. The molecule has 0 aliphatic heterocycles. The largest absolute Gasteiger partial charge is 0.396 e. The second kappa shape index (κ2) is 4.33. The number of nitrogen functional groups attached to an aromatic ring is 1. The third-order valence-electron chi connectivity index (χ3n) is 2.45. The fourth-order valence-electron chi connectivity index (χ4n) is 1.15. The number of amides is 1. The number of hydrogen-bond acceptors (Lipinski definition) is 3. The van der Waals surface area contributed by atoms with E-state index in [4.69, 9.17) is 5.73 Å². The number of aryl methyl sites for hydroxylation is 1. The summed E-state index contributed by atoms with van der Waals surface area (Å²) in [7, 11) is 1.78. The van der Waals surface area contributed by atoms with Crippen LogP contribution in [0, 0.1) is 6.92 Å². The predicted molar refractivity (Wildman–Crippen MR) is 59.3 cm³/mol. The summed E-state index contributed by atoms with van der Waals surface area (Å²) in [5.41, 5.74) is 7.02. The number of hydrogen-bond donors (Lipinski definition) is 1. The van der Waals surface area contributed by atoms with Crippen LogP contribution in [0.4, 0.5) is 5.69 Å². The number of likely N-dealkylation sites (N-methyl/N-ethyl adjacent to an activating group) is 1. The first-order valence-corrected chi connectivity index (χ1v) is 4.97. The first-order valence-electron chi connectivity index (χ1n) is 4.97. The van der Waals surface area contributed by atoms with Crippen molar-refractivity contribution in [3.05, 3.63) is 11.9 Å². The van der Waals surface area contributed by atoms with Crippen LogP contribution < -0.4 is 5.73 Å². The molecular weight excluding hydrogens is 192 g/mol.